The van der Waals surface area contributed by atoms with E-state index in [1.807, 2.05) is 18.3 Å². The Morgan fingerprint density at radius 2 is 2.10 bits per heavy atom. The average molecular weight is 512 g/mol. The number of aliphatic imine (C=N–C) groups is 1. The molecular weight excluding hydrogens is 479 g/mol. The Kier molecular flexibility index (Phi) is 7.59. The fourth-order valence-electron chi connectivity index (χ4n) is 4.84. The number of hydrogen-bond acceptors (Lipinski definition) is 4. The van der Waals surface area contributed by atoms with Crippen LogP contribution < -0.4 is 15.5 Å². The SMILES string of the molecule is CN(C)C(=O)CN=C(NC1CCN(c2ccccn2)C1)NC1CC2CCC1C2.I. The van der Waals surface area contributed by atoms with Gasteiger partial charge in [-0.2, -0.15) is 0 Å². The van der Waals surface area contributed by atoms with Crippen LogP contribution in [0.15, 0.2) is 29.4 Å². The molecule has 2 saturated carbocycles. The molecule has 1 aromatic heterocycles. The molecule has 1 saturated heterocycles. The van der Waals surface area contributed by atoms with Crippen LogP contribution in [0.25, 0.3) is 0 Å². The average Bonchev–Trinajstić information content (AvgIpc) is 3.43. The Labute approximate surface area is 190 Å². The van der Waals surface area contributed by atoms with Crippen LogP contribution in [0.5, 0.6) is 0 Å². The quantitative estimate of drug-likeness (QED) is 0.359. The number of guanidine groups is 1. The van der Waals surface area contributed by atoms with Gasteiger partial charge < -0.3 is 20.4 Å². The predicted molar refractivity (Wildman–Crippen MR) is 127 cm³/mol. The number of aromatic nitrogens is 1. The Balaban J connectivity index is 0.00000240. The van der Waals surface area contributed by atoms with Gasteiger partial charge in [-0.05, 0) is 49.7 Å². The maximum Gasteiger partial charge on any atom is 0.243 e. The predicted octanol–water partition coefficient (Wildman–Crippen LogP) is 2.09. The van der Waals surface area contributed by atoms with Gasteiger partial charge in [0, 0.05) is 45.5 Å². The van der Waals surface area contributed by atoms with Gasteiger partial charge in [0.2, 0.25) is 5.91 Å². The van der Waals surface area contributed by atoms with Crippen molar-refractivity contribution in [2.75, 3.05) is 38.6 Å². The smallest absolute Gasteiger partial charge is 0.243 e. The molecular formula is C21H33IN6O. The van der Waals surface area contributed by atoms with Crippen LogP contribution in [0.1, 0.15) is 32.1 Å². The van der Waals surface area contributed by atoms with Crippen molar-refractivity contribution >= 4 is 41.7 Å². The first-order chi connectivity index (χ1) is 13.6. The number of anilines is 1. The van der Waals surface area contributed by atoms with Gasteiger partial charge in [0.05, 0.1) is 0 Å². The number of carbonyl (C=O) groups is 1. The molecule has 29 heavy (non-hydrogen) atoms. The monoisotopic (exact) mass is 512 g/mol. The zero-order valence-corrected chi connectivity index (χ0v) is 19.7. The molecule has 2 aliphatic carbocycles. The summed E-state index contributed by atoms with van der Waals surface area (Å²) in [6, 6.07) is 6.83. The third kappa shape index (κ3) is 5.52. The van der Waals surface area contributed by atoms with E-state index in [2.05, 4.69) is 31.6 Å². The second-order valence-electron chi connectivity index (χ2n) is 8.64. The Hall–Kier alpha value is -1.58. The summed E-state index contributed by atoms with van der Waals surface area (Å²) in [5, 5.41) is 7.25. The Morgan fingerprint density at radius 1 is 1.24 bits per heavy atom. The molecule has 8 heteroatoms. The zero-order chi connectivity index (χ0) is 19.5. The summed E-state index contributed by atoms with van der Waals surface area (Å²) < 4.78 is 0. The second kappa shape index (κ2) is 9.95. The molecule has 3 aliphatic rings. The lowest BCUT2D eigenvalue weighted by atomic mass is 9.95. The number of fused-ring (bicyclic) bond motifs is 2. The van der Waals surface area contributed by atoms with Gasteiger partial charge in [-0.15, -0.1) is 24.0 Å². The van der Waals surface area contributed by atoms with E-state index in [1.165, 1.54) is 25.7 Å². The number of nitrogens with zero attached hydrogens (tertiary/aromatic N) is 4. The van der Waals surface area contributed by atoms with E-state index >= 15 is 0 Å². The van der Waals surface area contributed by atoms with E-state index < -0.39 is 0 Å². The molecule has 4 atom stereocenters. The van der Waals surface area contributed by atoms with E-state index in [0.29, 0.717) is 12.1 Å². The second-order valence-corrected chi connectivity index (χ2v) is 8.64. The van der Waals surface area contributed by atoms with Gasteiger partial charge >= 0.3 is 0 Å². The lowest BCUT2D eigenvalue weighted by Gasteiger charge is -2.27. The summed E-state index contributed by atoms with van der Waals surface area (Å²) in [7, 11) is 3.55. The van der Waals surface area contributed by atoms with Crippen LogP contribution in [-0.4, -0.2) is 67.6 Å². The molecule has 0 radical (unpaired) electrons. The molecule has 4 unspecified atom stereocenters. The lowest BCUT2D eigenvalue weighted by molar-refractivity contribution is -0.127. The fraction of sp³-hybridized carbons (Fsp3) is 0.667. The van der Waals surface area contributed by atoms with Crippen LogP contribution >= 0.6 is 24.0 Å². The largest absolute Gasteiger partial charge is 0.354 e. The molecule has 2 N–H and O–H groups in total. The minimum atomic E-state index is 0. The highest BCUT2D eigenvalue weighted by Gasteiger charge is 2.40. The molecule has 3 fully saturated rings. The Morgan fingerprint density at radius 3 is 2.76 bits per heavy atom. The molecule has 0 spiro atoms. The van der Waals surface area contributed by atoms with Crippen LogP contribution in [0.4, 0.5) is 5.82 Å². The molecule has 1 aromatic rings. The van der Waals surface area contributed by atoms with E-state index in [4.69, 9.17) is 0 Å². The highest BCUT2D eigenvalue weighted by atomic mass is 127. The minimum absolute atomic E-state index is 0. The zero-order valence-electron chi connectivity index (χ0n) is 17.4. The molecule has 7 nitrogen and oxygen atoms in total. The molecule has 4 rings (SSSR count). The number of rotatable bonds is 5. The van der Waals surface area contributed by atoms with E-state index in [1.54, 1.807) is 19.0 Å². The summed E-state index contributed by atoms with van der Waals surface area (Å²) >= 11 is 0. The normalized spacial score (nSPS) is 28.2. The van der Waals surface area contributed by atoms with Crippen molar-refractivity contribution in [2.45, 2.75) is 44.2 Å². The Bertz CT molecular complexity index is 712. The van der Waals surface area contributed by atoms with Crippen molar-refractivity contribution in [3.63, 3.8) is 0 Å². The van der Waals surface area contributed by atoms with Crippen LogP contribution in [0.3, 0.4) is 0 Å². The standard InChI is InChI=1S/C21H32N6O.HI/c1-26(2)20(28)13-23-21(25-18-12-15-6-7-16(18)11-15)24-17-8-10-27(14-17)19-5-3-4-9-22-19;/h3-5,9,15-18H,6-8,10-14H2,1-2H3,(H2,23,24,25);1H. The molecule has 2 bridgehead atoms. The number of amides is 1. The first kappa shape index (κ1) is 22.1. The summed E-state index contributed by atoms with van der Waals surface area (Å²) in [6.07, 6.45) is 8.16. The van der Waals surface area contributed by atoms with Gasteiger partial charge in [-0.3, -0.25) is 4.79 Å². The first-order valence-electron chi connectivity index (χ1n) is 10.5. The van der Waals surface area contributed by atoms with Gasteiger partial charge in [0.25, 0.3) is 0 Å². The van der Waals surface area contributed by atoms with Gasteiger partial charge in [0.1, 0.15) is 12.4 Å². The summed E-state index contributed by atoms with van der Waals surface area (Å²) in [5.74, 6) is 3.47. The van der Waals surface area contributed by atoms with E-state index in [-0.39, 0.29) is 36.4 Å². The number of likely N-dealkylation sites (N-methyl/N-ethyl adjacent to an activating group) is 1. The van der Waals surface area contributed by atoms with Crippen molar-refractivity contribution in [1.29, 1.82) is 0 Å². The van der Waals surface area contributed by atoms with E-state index in [0.717, 1.165) is 43.1 Å². The first-order valence-corrected chi connectivity index (χ1v) is 10.5. The van der Waals surface area contributed by atoms with Gasteiger partial charge in [-0.25, -0.2) is 9.98 Å². The van der Waals surface area contributed by atoms with Crippen molar-refractivity contribution in [2.24, 2.45) is 16.8 Å². The maximum atomic E-state index is 12.0. The molecule has 1 amide bonds. The van der Waals surface area contributed by atoms with Crippen LogP contribution in [0.2, 0.25) is 0 Å². The van der Waals surface area contributed by atoms with E-state index in [9.17, 15) is 4.79 Å². The topological polar surface area (TPSA) is 72.9 Å². The van der Waals surface area contributed by atoms with Crippen molar-refractivity contribution in [1.82, 2.24) is 20.5 Å². The van der Waals surface area contributed by atoms with Crippen molar-refractivity contribution < 1.29 is 4.79 Å². The number of nitrogens with one attached hydrogen (secondary N) is 2. The van der Waals surface area contributed by atoms with Crippen molar-refractivity contribution in [3.8, 4) is 0 Å². The number of pyridine rings is 1. The van der Waals surface area contributed by atoms with Crippen LogP contribution in [0, 0.1) is 11.8 Å². The maximum absolute atomic E-state index is 12.0. The van der Waals surface area contributed by atoms with Crippen LogP contribution in [-0.2, 0) is 4.79 Å². The number of halogens is 1. The third-order valence-corrected chi connectivity index (χ3v) is 6.43. The highest BCUT2D eigenvalue weighted by Crippen LogP contribution is 2.44. The number of carbonyl (C=O) groups excluding carboxylic acids is 1. The molecule has 1 aliphatic heterocycles. The minimum Gasteiger partial charge on any atom is -0.354 e. The van der Waals surface area contributed by atoms with Gasteiger partial charge in [-0.1, -0.05) is 12.5 Å². The fourth-order valence-corrected chi connectivity index (χ4v) is 4.84. The number of hydrogen-bond donors (Lipinski definition) is 2. The van der Waals surface area contributed by atoms with Crippen molar-refractivity contribution in [3.05, 3.63) is 24.4 Å². The lowest BCUT2D eigenvalue weighted by Crippen LogP contribution is -2.50. The third-order valence-electron chi connectivity index (χ3n) is 6.43. The molecule has 0 aromatic carbocycles. The summed E-state index contributed by atoms with van der Waals surface area (Å²) in [4.78, 5) is 25.0. The summed E-state index contributed by atoms with van der Waals surface area (Å²) in [5.41, 5.74) is 0. The highest BCUT2D eigenvalue weighted by molar-refractivity contribution is 14.0. The molecule has 160 valence electrons. The molecule has 2 heterocycles. The van der Waals surface area contributed by atoms with Gasteiger partial charge in [0.15, 0.2) is 5.96 Å². The summed E-state index contributed by atoms with van der Waals surface area (Å²) in [6.45, 7) is 2.06.